The molecule has 15 heteroatoms. The topological polar surface area (TPSA) is 100 Å². The zero-order chi connectivity index (χ0) is 32.4. The van der Waals surface area contributed by atoms with Crippen LogP contribution < -0.4 is 16.2 Å². The van der Waals surface area contributed by atoms with Gasteiger partial charge in [-0.05, 0) is 36.6 Å². The number of alkyl halides is 6. The highest BCUT2D eigenvalue weighted by Crippen LogP contribution is 2.38. The molecule has 0 aliphatic carbocycles. The quantitative estimate of drug-likeness (QED) is 0.262. The molecule has 0 aliphatic rings. The van der Waals surface area contributed by atoms with E-state index in [4.69, 9.17) is 0 Å². The summed E-state index contributed by atoms with van der Waals surface area (Å²) in [7, 11) is 1.30. The van der Waals surface area contributed by atoms with Crippen molar-refractivity contribution in [2.75, 3.05) is 5.32 Å². The highest BCUT2D eigenvalue weighted by molar-refractivity contribution is 5.97. The number of carbonyl (C=O) groups is 2. The molecule has 43 heavy (non-hydrogen) atoms. The molecular formula is C28H25F8N3O4. The van der Waals surface area contributed by atoms with Gasteiger partial charge in [0.05, 0.1) is 5.56 Å². The van der Waals surface area contributed by atoms with Crippen LogP contribution in [0.1, 0.15) is 40.5 Å². The maximum absolute atomic E-state index is 14.6. The van der Waals surface area contributed by atoms with Crippen molar-refractivity contribution in [3.05, 3.63) is 86.8 Å². The first-order valence-electron chi connectivity index (χ1n) is 12.6. The molecule has 0 saturated carbocycles. The van der Waals surface area contributed by atoms with E-state index in [0.29, 0.717) is 18.2 Å². The second kappa shape index (κ2) is 12.4. The molecule has 0 radical (unpaired) electrons. The number of carboxylic acid groups (broad SMARTS) is 1. The van der Waals surface area contributed by atoms with Gasteiger partial charge in [-0.15, -0.1) is 0 Å². The molecule has 0 aliphatic heterocycles. The molecule has 1 amide bonds. The summed E-state index contributed by atoms with van der Waals surface area (Å²) in [6, 6.07) is 2.62. The van der Waals surface area contributed by atoms with E-state index >= 15 is 0 Å². The predicted octanol–water partition coefficient (Wildman–Crippen LogP) is 5.84. The van der Waals surface area contributed by atoms with Crippen molar-refractivity contribution in [2.45, 2.75) is 51.1 Å². The van der Waals surface area contributed by atoms with Crippen LogP contribution in [0.2, 0.25) is 0 Å². The van der Waals surface area contributed by atoms with E-state index in [1.165, 1.54) is 45.2 Å². The smallest absolute Gasteiger partial charge is 0.417 e. The lowest BCUT2D eigenvalue weighted by Crippen LogP contribution is -2.43. The van der Waals surface area contributed by atoms with Gasteiger partial charge in [0.25, 0.3) is 11.5 Å². The number of amides is 1. The SMILES string of the molecule is CCC(Nc1cc(F)c(C(=O)NC(Cc2ccc(-c3c(C(F)(F)F)cc(=O)n(C)c3C)cc2)C(=O)O)c(F)c1)C(F)(F)F. The Hall–Kier alpha value is -4.43. The van der Waals surface area contributed by atoms with Crippen LogP contribution >= 0.6 is 0 Å². The van der Waals surface area contributed by atoms with Gasteiger partial charge >= 0.3 is 18.3 Å². The summed E-state index contributed by atoms with van der Waals surface area (Å²) in [6.45, 7) is 2.53. The maximum Gasteiger partial charge on any atom is 0.417 e. The number of hydrogen-bond acceptors (Lipinski definition) is 4. The van der Waals surface area contributed by atoms with Gasteiger partial charge < -0.3 is 20.3 Å². The number of hydrogen-bond donors (Lipinski definition) is 3. The molecule has 2 unspecified atom stereocenters. The number of carbonyl (C=O) groups excluding carboxylic acids is 1. The third-order valence-corrected chi connectivity index (χ3v) is 6.74. The van der Waals surface area contributed by atoms with Crippen LogP contribution in [0.4, 0.5) is 40.8 Å². The number of aromatic nitrogens is 1. The van der Waals surface area contributed by atoms with Gasteiger partial charge in [-0.25, -0.2) is 13.6 Å². The molecule has 232 valence electrons. The summed E-state index contributed by atoms with van der Waals surface area (Å²) in [6.07, 6.45) is -10.5. The Morgan fingerprint density at radius 1 is 0.977 bits per heavy atom. The van der Waals surface area contributed by atoms with E-state index < -0.39 is 83.2 Å². The second-order valence-electron chi connectivity index (χ2n) is 9.64. The molecule has 2 aromatic carbocycles. The average molecular weight is 620 g/mol. The van der Waals surface area contributed by atoms with Crippen molar-refractivity contribution in [3.8, 4) is 11.1 Å². The van der Waals surface area contributed by atoms with Crippen molar-refractivity contribution in [2.24, 2.45) is 7.05 Å². The molecule has 3 rings (SSSR count). The van der Waals surface area contributed by atoms with E-state index in [1.807, 2.05) is 10.6 Å². The molecule has 3 aromatic rings. The van der Waals surface area contributed by atoms with Gasteiger partial charge in [0.15, 0.2) is 0 Å². The predicted molar refractivity (Wildman–Crippen MR) is 140 cm³/mol. The van der Waals surface area contributed by atoms with Crippen molar-refractivity contribution >= 4 is 17.6 Å². The molecule has 7 nitrogen and oxygen atoms in total. The number of anilines is 1. The number of aliphatic carboxylic acids is 1. The minimum absolute atomic E-state index is 0.0251. The summed E-state index contributed by atoms with van der Waals surface area (Å²) in [5, 5.41) is 13.5. The lowest BCUT2D eigenvalue weighted by Gasteiger charge is -2.22. The van der Waals surface area contributed by atoms with Gasteiger partial charge in [-0.2, -0.15) is 26.3 Å². The Morgan fingerprint density at radius 2 is 1.53 bits per heavy atom. The minimum Gasteiger partial charge on any atom is -0.480 e. The summed E-state index contributed by atoms with van der Waals surface area (Å²) in [4.78, 5) is 36.4. The van der Waals surface area contributed by atoms with E-state index in [9.17, 15) is 54.6 Å². The molecule has 1 heterocycles. The Kier molecular flexibility index (Phi) is 9.56. The van der Waals surface area contributed by atoms with Crippen LogP contribution in [0, 0.1) is 18.6 Å². The molecule has 0 saturated heterocycles. The Labute approximate surface area is 239 Å². The Bertz CT molecular complexity index is 1560. The van der Waals surface area contributed by atoms with Gasteiger partial charge in [-0.3, -0.25) is 9.59 Å². The number of pyridine rings is 1. The fraction of sp³-hybridized carbons (Fsp3) is 0.321. The van der Waals surface area contributed by atoms with Crippen molar-refractivity contribution in [3.63, 3.8) is 0 Å². The molecule has 0 bridgehead atoms. The zero-order valence-electron chi connectivity index (χ0n) is 22.8. The normalized spacial score (nSPS) is 13.4. The van der Waals surface area contributed by atoms with Gasteiger partial charge in [0.2, 0.25) is 0 Å². The number of nitrogens with zero attached hydrogens (tertiary/aromatic N) is 1. The fourth-order valence-corrected chi connectivity index (χ4v) is 4.37. The summed E-state index contributed by atoms with van der Waals surface area (Å²) in [5.74, 6) is -6.19. The van der Waals surface area contributed by atoms with Crippen molar-refractivity contribution in [1.82, 2.24) is 9.88 Å². The molecule has 0 spiro atoms. The highest BCUT2D eigenvalue weighted by atomic mass is 19.4. The van der Waals surface area contributed by atoms with Gasteiger partial charge in [0, 0.05) is 36.5 Å². The van der Waals surface area contributed by atoms with Crippen LogP contribution in [0.15, 0.2) is 47.3 Å². The third kappa shape index (κ3) is 7.51. The van der Waals surface area contributed by atoms with Gasteiger partial charge in [0.1, 0.15) is 29.3 Å². The number of carboxylic acids is 1. The van der Waals surface area contributed by atoms with Crippen LogP contribution in [-0.2, 0) is 24.4 Å². The van der Waals surface area contributed by atoms with Crippen LogP contribution in [0.5, 0.6) is 0 Å². The maximum atomic E-state index is 14.6. The van der Waals surface area contributed by atoms with Crippen molar-refractivity contribution in [1.29, 1.82) is 0 Å². The number of benzene rings is 2. The van der Waals surface area contributed by atoms with Crippen LogP contribution in [-0.4, -0.2) is 39.8 Å². The van der Waals surface area contributed by atoms with Gasteiger partial charge in [-0.1, -0.05) is 31.2 Å². The second-order valence-corrected chi connectivity index (χ2v) is 9.64. The number of rotatable bonds is 9. The summed E-state index contributed by atoms with van der Waals surface area (Å²) < 4.78 is 110. The fourth-order valence-electron chi connectivity index (χ4n) is 4.37. The summed E-state index contributed by atoms with van der Waals surface area (Å²) >= 11 is 0. The number of nitrogens with one attached hydrogen (secondary N) is 2. The zero-order valence-corrected chi connectivity index (χ0v) is 22.8. The van der Waals surface area contributed by atoms with Crippen molar-refractivity contribution < 1.29 is 49.8 Å². The first-order valence-corrected chi connectivity index (χ1v) is 12.6. The molecular weight excluding hydrogens is 594 g/mol. The highest BCUT2D eigenvalue weighted by Gasteiger charge is 2.39. The Balaban J connectivity index is 1.85. The van der Waals surface area contributed by atoms with E-state index in [-0.39, 0.29) is 22.4 Å². The first-order chi connectivity index (χ1) is 19.8. The lowest BCUT2D eigenvalue weighted by molar-refractivity contribution is -0.143. The average Bonchev–Trinajstić information content (AvgIpc) is 2.88. The molecule has 0 fully saturated rings. The monoisotopic (exact) mass is 619 g/mol. The minimum atomic E-state index is -4.85. The molecule has 3 N–H and O–H groups in total. The Morgan fingerprint density at radius 3 is 2.00 bits per heavy atom. The van der Waals surface area contributed by atoms with E-state index in [2.05, 4.69) is 0 Å². The largest absolute Gasteiger partial charge is 0.480 e. The molecule has 1 aromatic heterocycles. The molecule has 2 atom stereocenters. The standard InChI is InChI=1S/C28H25F8N3O4/c1-4-21(28(34,35)36)37-16-10-18(29)24(19(30)11-16)25(41)38-20(26(42)43)9-14-5-7-15(8-6-14)23-13(2)39(3)22(40)12-17(23)27(31,32)33/h5-8,10-12,20-21,37H,4,9H2,1-3H3,(H,38,41)(H,42,43). The lowest BCUT2D eigenvalue weighted by atomic mass is 9.95. The third-order valence-electron chi connectivity index (χ3n) is 6.74. The van der Waals surface area contributed by atoms with E-state index in [0.717, 1.165) is 4.57 Å². The number of halogens is 8. The van der Waals surface area contributed by atoms with Crippen LogP contribution in [0.3, 0.4) is 0 Å². The summed E-state index contributed by atoms with van der Waals surface area (Å²) in [5.41, 5.74) is -3.81. The first kappa shape index (κ1) is 33.1. The van der Waals surface area contributed by atoms with E-state index in [1.54, 1.807) is 0 Å². The van der Waals surface area contributed by atoms with Crippen LogP contribution in [0.25, 0.3) is 11.1 Å².